The fourth-order valence-corrected chi connectivity index (χ4v) is 3.57. The summed E-state index contributed by atoms with van der Waals surface area (Å²) in [6, 6.07) is 0. The molecule has 1 rings (SSSR count). The molecule has 0 amide bonds. The van der Waals surface area contributed by atoms with Crippen molar-refractivity contribution in [3.8, 4) is 0 Å². The minimum absolute atomic E-state index is 0.0346. The van der Waals surface area contributed by atoms with Crippen molar-refractivity contribution in [1.82, 2.24) is 0 Å². The SMILES string of the molecule is CC/C=C1/C/C1=C/C(C)CCC(=O)OCCCCCCCC[NH+]([O-])SC(F)(F)F. The lowest BCUT2D eigenvalue weighted by atomic mass is 10.0. The number of carbonyl (C=O) groups excluding carboxylic acids is 1. The highest BCUT2D eigenvalue weighted by atomic mass is 32.2. The predicted octanol–water partition coefficient (Wildman–Crippen LogP) is 5.50. The summed E-state index contributed by atoms with van der Waals surface area (Å²) in [6.45, 7) is 4.63. The van der Waals surface area contributed by atoms with Gasteiger partial charge in [0.05, 0.1) is 13.2 Å². The first kappa shape index (κ1) is 26.0. The predicted molar refractivity (Wildman–Crippen MR) is 111 cm³/mol. The molecule has 1 fully saturated rings. The molecule has 1 aliphatic carbocycles. The van der Waals surface area contributed by atoms with Crippen LogP contribution in [-0.2, 0) is 9.53 Å². The number of esters is 1. The molecule has 1 aliphatic rings. The molecule has 0 aromatic carbocycles. The van der Waals surface area contributed by atoms with Crippen LogP contribution in [0.25, 0.3) is 0 Å². The Balaban J connectivity index is 1.92. The highest BCUT2D eigenvalue weighted by molar-refractivity contribution is 7.93. The van der Waals surface area contributed by atoms with E-state index in [2.05, 4.69) is 26.0 Å². The van der Waals surface area contributed by atoms with E-state index >= 15 is 0 Å². The Kier molecular flexibility index (Phi) is 12.7. The molecular formula is C21H34F3NO3S. The van der Waals surface area contributed by atoms with Crippen LogP contribution in [0.5, 0.6) is 0 Å². The minimum atomic E-state index is -4.48. The van der Waals surface area contributed by atoms with Gasteiger partial charge in [0.2, 0.25) is 0 Å². The van der Waals surface area contributed by atoms with E-state index in [0.29, 0.717) is 25.4 Å². The van der Waals surface area contributed by atoms with Gasteiger partial charge in [-0.25, -0.2) is 0 Å². The lowest BCUT2D eigenvalue weighted by Gasteiger charge is -2.19. The van der Waals surface area contributed by atoms with Crippen molar-refractivity contribution in [2.24, 2.45) is 5.92 Å². The number of hydrogen-bond acceptors (Lipinski definition) is 4. The summed E-state index contributed by atoms with van der Waals surface area (Å²) in [7, 11) is 0. The summed E-state index contributed by atoms with van der Waals surface area (Å²) in [6.07, 6.45) is 12.6. The van der Waals surface area contributed by atoms with E-state index in [1.807, 2.05) is 0 Å². The highest BCUT2D eigenvalue weighted by Gasteiger charge is 2.34. The fraction of sp³-hybridized carbons (Fsp3) is 0.762. The second-order valence-corrected chi connectivity index (χ2v) is 8.66. The van der Waals surface area contributed by atoms with Crippen LogP contribution in [0, 0.1) is 11.1 Å². The number of alkyl halides is 3. The molecule has 1 N–H and O–H groups in total. The smallest absolute Gasteiger partial charge is 0.496 e. The number of unbranched alkanes of at least 4 members (excludes halogenated alkanes) is 5. The van der Waals surface area contributed by atoms with E-state index < -0.39 is 21.9 Å². The Hall–Kier alpha value is -0.990. The van der Waals surface area contributed by atoms with Crippen molar-refractivity contribution in [3.05, 3.63) is 28.5 Å². The summed E-state index contributed by atoms with van der Waals surface area (Å²) in [5.41, 5.74) is -1.62. The maximum absolute atomic E-state index is 12.0. The van der Waals surface area contributed by atoms with E-state index in [4.69, 9.17) is 4.74 Å². The molecule has 0 saturated heterocycles. The Bertz CT molecular complexity index is 550. The summed E-state index contributed by atoms with van der Waals surface area (Å²) in [5, 5.41) is 11.1. The van der Waals surface area contributed by atoms with E-state index in [9.17, 15) is 23.2 Å². The number of allylic oxidation sites excluding steroid dienone is 4. The first-order valence-corrected chi connectivity index (χ1v) is 11.4. The molecule has 0 bridgehead atoms. The van der Waals surface area contributed by atoms with Crippen molar-refractivity contribution in [2.45, 2.75) is 83.6 Å². The molecule has 2 unspecified atom stereocenters. The van der Waals surface area contributed by atoms with Crippen LogP contribution in [0.1, 0.15) is 78.1 Å². The molecule has 29 heavy (non-hydrogen) atoms. The number of hydrogen-bond donors (Lipinski definition) is 1. The monoisotopic (exact) mass is 437 g/mol. The van der Waals surface area contributed by atoms with Gasteiger partial charge in [0.15, 0.2) is 11.9 Å². The van der Waals surface area contributed by atoms with Gasteiger partial charge >= 0.3 is 11.5 Å². The Morgan fingerprint density at radius 3 is 2.52 bits per heavy atom. The molecule has 2 atom stereocenters. The van der Waals surface area contributed by atoms with Gasteiger partial charge in [-0.3, -0.25) is 4.79 Å². The first-order chi connectivity index (χ1) is 13.7. The Labute approximate surface area is 176 Å². The maximum atomic E-state index is 12.0. The molecular weight excluding hydrogens is 403 g/mol. The molecule has 8 heteroatoms. The number of rotatable bonds is 15. The lowest BCUT2D eigenvalue weighted by molar-refractivity contribution is -0.698. The van der Waals surface area contributed by atoms with Gasteiger partial charge in [-0.15, -0.1) is 0 Å². The summed E-state index contributed by atoms with van der Waals surface area (Å²) >= 11 is -0.545. The van der Waals surface area contributed by atoms with Crippen LogP contribution in [0.15, 0.2) is 23.3 Å². The molecule has 0 aromatic rings. The van der Waals surface area contributed by atoms with E-state index in [-0.39, 0.29) is 12.5 Å². The normalized spacial score (nSPS) is 18.8. The third kappa shape index (κ3) is 14.6. The quantitative estimate of drug-likeness (QED) is 0.159. The summed E-state index contributed by atoms with van der Waals surface area (Å²) < 4.78 is 40.4. The van der Waals surface area contributed by atoms with Crippen LogP contribution in [0.2, 0.25) is 0 Å². The molecule has 168 valence electrons. The molecule has 0 heterocycles. The third-order valence-electron chi connectivity index (χ3n) is 4.68. The Morgan fingerprint density at radius 2 is 1.86 bits per heavy atom. The number of hydroxylamine groups is 1. The molecule has 1 saturated carbocycles. The average Bonchev–Trinajstić information content (AvgIpc) is 3.34. The lowest BCUT2D eigenvalue weighted by Crippen LogP contribution is -3.01. The van der Waals surface area contributed by atoms with E-state index in [1.54, 1.807) is 0 Å². The van der Waals surface area contributed by atoms with Crippen LogP contribution in [0.4, 0.5) is 13.2 Å². The zero-order chi connectivity index (χ0) is 21.7. The largest absolute Gasteiger partial charge is 0.621 e. The van der Waals surface area contributed by atoms with Crippen molar-refractivity contribution in [3.63, 3.8) is 0 Å². The van der Waals surface area contributed by atoms with Crippen LogP contribution >= 0.6 is 11.9 Å². The van der Waals surface area contributed by atoms with Crippen molar-refractivity contribution in [1.29, 1.82) is 0 Å². The molecule has 0 radical (unpaired) electrons. The fourth-order valence-electron chi connectivity index (χ4n) is 3.07. The number of quaternary nitrogens is 1. The third-order valence-corrected chi connectivity index (χ3v) is 5.34. The van der Waals surface area contributed by atoms with Crippen LogP contribution in [-0.4, -0.2) is 24.6 Å². The van der Waals surface area contributed by atoms with Gasteiger partial charge in [0.1, 0.15) is 0 Å². The molecule has 4 nitrogen and oxygen atoms in total. The van der Waals surface area contributed by atoms with Gasteiger partial charge in [0.25, 0.3) is 0 Å². The maximum Gasteiger partial charge on any atom is 0.496 e. The number of carbonyl (C=O) groups is 1. The summed E-state index contributed by atoms with van der Waals surface area (Å²) in [4.78, 5) is 11.8. The van der Waals surface area contributed by atoms with Gasteiger partial charge in [-0.1, -0.05) is 45.3 Å². The highest BCUT2D eigenvalue weighted by Crippen LogP contribution is 2.38. The number of nitrogens with one attached hydrogen (secondary N) is 1. The van der Waals surface area contributed by atoms with Gasteiger partial charge in [-0.2, -0.15) is 13.2 Å². The second-order valence-electron chi connectivity index (χ2n) is 7.53. The topological polar surface area (TPSA) is 53.8 Å². The van der Waals surface area contributed by atoms with Gasteiger partial charge < -0.3 is 14.4 Å². The van der Waals surface area contributed by atoms with Crippen molar-refractivity contribution >= 4 is 17.9 Å². The average molecular weight is 438 g/mol. The molecule has 0 aromatic heterocycles. The van der Waals surface area contributed by atoms with Crippen molar-refractivity contribution in [2.75, 3.05) is 13.2 Å². The number of halogens is 3. The second kappa shape index (κ2) is 14.1. The zero-order valence-corrected chi connectivity index (χ0v) is 18.3. The van der Waals surface area contributed by atoms with Gasteiger partial charge in [0, 0.05) is 6.42 Å². The molecule has 0 aliphatic heterocycles. The van der Waals surface area contributed by atoms with Gasteiger partial charge in [-0.05, 0) is 55.6 Å². The molecule has 0 spiro atoms. The van der Waals surface area contributed by atoms with E-state index in [0.717, 1.165) is 51.4 Å². The van der Waals surface area contributed by atoms with E-state index in [1.165, 1.54) is 11.1 Å². The zero-order valence-electron chi connectivity index (χ0n) is 17.5. The van der Waals surface area contributed by atoms with Crippen LogP contribution < -0.4 is 4.47 Å². The first-order valence-electron chi connectivity index (χ1n) is 10.6. The summed E-state index contributed by atoms with van der Waals surface area (Å²) in [5.74, 6) is 0.220. The standard InChI is InChI=1S/C21H34F3NO3S/c1-3-10-18-16-19(18)15-17(2)11-12-20(26)28-14-9-7-5-4-6-8-13-25(27)29-21(22,23)24/h10,15,17,25H,3-9,11-14,16H2,1-2H3/b18-10-,19-15-. The van der Waals surface area contributed by atoms with Crippen molar-refractivity contribution < 1.29 is 27.2 Å². The Morgan fingerprint density at radius 1 is 1.21 bits per heavy atom. The van der Waals surface area contributed by atoms with Crippen LogP contribution in [0.3, 0.4) is 0 Å². The number of ether oxygens (including phenoxy) is 1. The minimum Gasteiger partial charge on any atom is -0.621 e.